The molecule has 1 aromatic carbocycles. The Morgan fingerprint density at radius 3 is 2.89 bits per heavy atom. The number of rotatable bonds is 12. The lowest BCUT2D eigenvalue weighted by molar-refractivity contribution is -0.139. The third-order valence-electron chi connectivity index (χ3n) is 7.46. The van der Waals surface area contributed by atoms with Crippen LogP contribution in [0.3, 0.4) is 0 Å². The molecule has 0 saturated heterocycles. The maximum absolute atomic E-state index is 12.8. The largest absolute Gasteiger partial charge is 0.480 e. The number of aliphatic carboxylic acids is 1. The third kappa shape index (κ3) is 6.28. The van der Waals surface area contributed by atoms with Crippen LogP contribution in [-0.4, -0.2) is 68.4 Å². The molecule has 37 heavy (non-hydrogen) atoms. The molecule has 2 aromatic heterocycles. The second kappa shape index (κ2) is 11.3. The molecule has 9 heteroatoms. The van der Waals surface area contributed by atoms with Crippen LogP contribution in [0.4, 0.5) is 5.82 Å². The zero-order chi connectivity index (χ0) is 25.8. The number of pyridine rings is 1. The number of aryl methyl sites for hydroxylation is 3. The summed E-state index contributed by atoms with van der Waals surface area (Å²) in [6.07, 6.45) is 9.74. The van der Waals surface area contributed by atoms with Gasteiger partial charge in [-0.15, -0.1) is 0 Å². The Balaban J connectivity index is 1.11. The van der Waals surface area contributed by atoms with Gasteiger partial charge in [-0.05, 0) is 81.7 Å². The number of amides is 1. The van der Waals surface area contributed by atoms with Crippen LogP contribution in [0.25, 0.3) is 10.9 Å². The SMILES string of the molecule is Cn1ncc2ccc(C(=O)NC(CCN(CCCCc3ccc4c(n3)NCCC4)C3CC3)C(=O)O)cc21. The molecule has 1 atom stereocenters. The molecule has 1 aliphatic carbocycles. The van der Waals surface area contributed by atoms with Gasteiger partial charge in [0.05, 0.1) is 11.7 Å². The van der Waals surface area contributed by atoms with Crippen LogP contribution in [0.5, 0.6) is 0 Å². The Morgan fingerprint density at radius 1 is 1.22 bits per heavy atom. The highest BCUT2D eigenvalue weighted by molar-refractivity contribution is 5.99. The van der Waals surface area contributed by atoms with Gasteiger partial charge in [-0.25, -0.2) is 9.78 Å². The van der Waals surface area contributed by atoms with Crippen molar-refractivity contribution in [2.24, 2.45) is 7.05 Å². The van der Waals surface area contributed by atoms with Crippen LogP contribution in [0.15, 0.2) is 36.5 Å². The number of carbonyl (C=O) groups is 2. The number of hydrogen-bond acceptors (Lipinski definition) is 6. The first-order chi connectivity index (χ1) is 18.0. The van der Waals surface area contributed by atoms with Gasteiger partial charge in [0.15, 0.2) is 0 Å². The first kappa shape index (κ1) is 25.2. The maximum atomic E-state index is 12.8. The molecule has 196 valence electrons. The molecule has 3 N–H and O–H groups in total. The summed E-state index contributed by atoms with van der Waals surface area (Å²) < 4.78 is 1.70. The quantitative estimate of drug-likeness (QED) is 0.324. The Hall–Kier alpha value is -3.46. The molecule has 1 aliphatic heterocycles. The van der Waals surface area contributed by atoms with E-state index in [4.69, 9.17) is 4.98 Å². The van der Waals surface area contributed by atoms with Gasteiger partial charge in [0, 0.05) is 42.8 Å². The van der Waals surface area contributed by atoms with E-state index in [-0.39, 0.29) is 5.91 Å². The lowest BCUT2D eigenvalue weighted by Gasteiger charge is -2.24. The number of aromatic nitrogens is 3. The van der Waals surface area contributed by atoms with E-state index in [9.17, 15) is 14.7 Å². The van der Waals surface area contributed by atoms with Gasteiger partial charge in [0.25, 0.3) is 5.91 Å². The van der Waals surface area contributed by atoms with Gasteiger partial charge in [-0.2, -0.15) is 5.10 Å². The zero-order valence-corrected chi connectivity index (χ0v) is 21.4. The van der Waals surface area contributed by atoms with E-state index >= 15 is 0 Å². The van der Waals surface area contributed by atoms with Crippen molar-refractivity contribution in [3.05, 3.63) is 53.3 Å². The average Bonchev–Trinajstić information content (AvgIpc) is 3.69. The molecule has 3 aromatic rings. The fourth-order valence-electron chi connectivity index (χ4n) is 5.12. The zero-order valence-electron chi connectivity index (χ0n) is 21.4. The van der Waals surface area contributed by atoms with Gasteiger partial charge in [0.2, 0.25) is 0 Å². The van der Waals surface area contributed by atoms with Crippen molar-refractivity contribution in [3.8, 4) is 0 Å². The molecule has 1 fully saturated rings. The Bertz CT molecular complexity index is 1270. The predicted octanol–water partition coefficient (Wildman–Crippen LogP) is 3.39. The van der Waals surface area contributed by atoms with Crippen LogP contribution in [0.1, 0.15) is 60.1 Å². The lowest BCUT2D eigenvalue weighted by atomic mass is 10.1. The first-order valence-corrected chi connectivity index (χ1v) is 13.4. The van der Waals surface area contributed by atoms with E-state index in [1.165, 1.54) is 12.0 Å². The summed E-state index contributed by atoms with van der Waals surface area (Å²) in [4.78, 5) is 32.0. The van der Waals surface area contributed by atoms with E-state index < -0.39 is 12.0 Å². The Morgan fingerprint density at radius 2 is 2.08 bits per heavy atom. The van der Waals surface area contributed by atoms with Crippen LogP contribution < -0.4 is 10.6 Å². The van der Waals surface area contributed by atoms with Gasteiger partial charge in [-0.3, -0.25) is 9.48 Å². The number of anilines is 1. The highest BCUT2D eigenvalue weighted by Crippen LogP contribution is 2.28. The summed E-state index contributed by atoms with van der Waals surface area (Å²) >= 11 is 0. The number of unbranched alkanes of at least 4 members (excludes halogenated alkanes) is 1. The number of carbonyl (C=O) groups excluding carboxylic acids is 1. The molecule has 1 amide bonds. The van der Waals surface area contributed by atoms with Crippen molar-refractivity contribution in [1.29, 1.82) is 0 Å². The topological polar surface area (TPSA) is 112 Å². The van der Waals surface area contributed by atoms with Crippen molar-refractivity contribution in [3.63, 3.8) is 0 Å². The minimum absolute atomic E-state index is 0.375. The summed E-state index contributed by atoms with van der Waals surface area (Å²) in [5.74, 6) is -0.330. The van der Waals surface area contributed by atoms with Gasteiger partial charge < -0.3 is 20.6 Å². The van der Waals surface area contributed by atoms with E-state index in [0.717, 1.165) is 74.0 Å². The minimum Gasteiger partial charge on any atom is -0.480 e. The van der Waals surface area contributed by atoms with Gasteiger partial charge in [0.1, 0.15) is 11.9 Å². The van der Waals surface area contributed by atoms with E-state index in [0.29, 0.717) is 24.6 Å². The summed E-state index contributed by atoms with van der Waals surface area (Å²) in [5.41, 5.74) is 3.71. The molecule has 0 radical (unpaired) electrons. The van der Waals surface area contributed by atoms with Crippen LogP contribution >= 0.6 is 0 Å². The van der Waals surface area contributed by atoms with Crippen LogP contribution in [-0.2, 0) is 24.7 Å². The maximum Gasteiger partial charge on any atom is 0.326 e. The van der Waals surface area contributed by atoms with E-state index in [2.05, 4.69) is 32.8 Å². The fourth-order valence-corrected chi connectivity index (χ4v) is 5.12. The molecule has 1 saturated carbocycles. The highest BCUT2D eigenvalue weighted by Gasteiger charge is 2.30. The molecule has 1 unspecified atom stereocenters. The number of carboxylic acid groups (broad SMARTS) is 1. The Kier molecular flexibility index (Phi) is 7.69. The van der Waals surface area contributed by atoms with Gasteiger partial charge in [-0.1, -0.05) is 12.1 Å². The van der Waals surface area contributed by atoms with Crippen molar-refractivity contribution in [1.82, 2.24) is 25.0 Å². The standard InChI is InChI=1S/C28H36N6O3/c1-33-25-17-20(7-8-21(25)18-30-33)27(35)32-24(28(36)37)13-16-34(23-11-12-23)15-3-2-6-22-10-9-19-5-4-14-29-26(19)31-22/h7-10,17-18,23-24H,2-6,11-16H2,1H3,(H,29,31)(H,32,35)(H,36,37). The summed E-state index contributed by atoms with van der Waals surface area (Å²) in [6.45, 7) is 2.59. The number of benzene rings is 1. The number of nitrogens with zero attached hydrogens (tertiary/aromatic N) is 4. The number of carboxylic acids is 1. The average molecular weight is 505 g/mol. The first-order valence-electron chi connectivity index (χ1n) is 13.4. The van der Waals surface area contributed by atoms with Crippen molar-refractivity contribution in [2.75, 3.05) is 25.0 Å². The molecular formula is C28H36N6O3. The fraction of sp³-hybridized carbons (Fsp3) is 0.500. The second-order valence-electron chi connectivity index (χ2n) is 10.3. The van der Waals surface area contributed by atoms with E-state index in [1.807, 2.05) is 13.1 Å². The van der Waals surface area contributed by atoms with Gasteiger partial charge >= 0.3 is 5.97 Å². The lowest BCUT2D eigenvalue weighted by Crippen LogP contribution is -2.43. The van der Waals surface area contributed by atoms with E-state index in [1.54, 1.807) is 23.0 Å². The second-order valence-corrected chi connectivity index (χ2v) is 10.3. The predicted molar refractivity (Wildman–Crippen MR) is 143 cm³/mol. The highest BCUT2D eigenvalue weighted by atomic mass is 16.4. The van der Waals surface area contributed by atoms with Crippen LogP contribution in [0, 0.1) is 0 Å². The normalized spacial score (nSPS) is 15.8. The summed E-state index contributed by atoms with van der Waals surface area (Å²) in [7, 11) is 1.82. The molecule has 9 nitrogen and oxygen atoms in total. The summed E-state index contributed by atoms with van der Waals surface area (Å²) in [6, 6.07) is 9.25. The van der Waals surface area contributed by atoms with Crippen molar-refractivity contribution >= 4 is 28.6 Å². The van der Waals surface area contributed by atoms with Crippen LogP contribution in [0.2, 0.25) is 0 Å². The molecular weight excluding hydrogens is 468 g/mol. The van der Waals surface area contributed by atoms with Crippen molar-refractivity contribution < 1.29 is 14.7 Å². The smallest absolute Gasteiger partial charge is 0.326 e. The molecule has 0 spiro atoms. The Labute approximate surface area is 217 Å². The molecule has 2 aliphatic rings. The molecule has 5 rings (SSSR count). The third-order valence-corrected chi connectivity index (χ3v) is 7.46. The molecule has 3 heterocycles. The number of fused-ring (bicyclic) bond motifs is 2. The molecule has 0 bridgehead atoms. The number of hydrogen-bond donors (Lipinski definition) is 3. The van der Waals surface area contributed by atoms with Crippen molar-refractivity contribution in [2.45, 2.75) is 63.5 Å². The summed E-state index contributed by atoms with van der Waals surface area (Å²) in [5, 5.41) is 21.1. The monoisotopic (exact) mass is 504 g/mol. The number of nitrogens with one attached hydrogen (secondary N) is 2. The minimum atomic E-state index is -1.00.